The Kier molecular flexibility index (Phi) is 4.12. The molecule has 17 heavy (non-hydrogen) atoms. The van der Waals surface area contributed by atoms with Gasteiger partial charge in [0.05, 0.1) is 0 Å². The molecule has 0 aromatic heterocycles. The van der Waals surface area contributed by atoms with E-state index in [1.54, 1.807) is 0 Å². The van der Waals surface area contributed by atoms with E-state index in [0.29, 0.717) is 4.47 Å². The number of benzene rings is 1. The van der Waals surface area contributed by atoms with Crippen molar-refractivity contribution >= 4 is 15.9 Å². The second-order valence-electron chi connectivity index (χ2n) is 4.82. The molecule has 0 aliphatic heterocycles. The average Bonchev–Trinajstić information content (AvgIpc) is 2.18. The summed E-state index contributed by atoms with van der Waals surface area (Å²) in [5, 5.41) is 0. The Bertz CT molecular complexity index is 399. The van der Waals surface area contributed by atoms with Crippen molar-refractivity contribution < 1.29 is 17.9 Å². The lowest BCUT2D eigenvalue weighted by atomic mass is 9.88. The zero-order chi connectivity index (χ0) is 13.3. The summed E-state index contributed by atoms with van der Waals surface area (Å²) in [7, 11) is 0. The molecule has 0 saturated heterocycles. The third-order valence-electron chi connectivity index (χ3n) is 2.40. The van der Waals surface area contributed by atoms with Crippen molar-refractivity contribution in [3.63, 3.8) is 0 Å². The molecular weight excluding hydrogens is 297 g/mol. The molecule has 0 unspecified atom stereocenters. The average molecular weight is 311 g/mol. The quantitative estimate of drug-likeness (QED) is 0.789. The summed E-state index contributed by atoms with van der Waals surface area (Å²) in [6, 6.07) is 3.97. The summed E-state index contributed by atoms with van der Waals surface area (Å²) in [5.74, 6) is -3.86. The van der Waals surface area contributed by atoms with Crippen molar-refractivity contribution in [3.05, 3.63) is 28.5 Å². The molecule has 0 radical (unpaired) electrons. The fourth-order valence-corrected chi connectivity index (χ4v) is 1.31. The zero-order valence-corrected chi connectivity index (χ0v) is 11.4. The highest BCUT2D eigenvalue weighted by atomic mass is 79.9. The number of rotatable bonds is 3. The number of alkyl halides is 2. The van der Waals surface area contributed by atoms with Gasteiger partial charge in [0.2, 0.25) is 0 Å². The minimum atomic E-state index is -3.03. The first-order chi connectivity index (χ1) is 7.63. The lowest BCUT2D eigenvalue weighted by Gasteiger charge is -2.30. The Balaban J connectivity index is 2.77. The molecule has 0 spiro atoms. The van der Waals surface area contributed by atoms with Crippen LogP contribution in [0.5, 0.6) is 5.75 Å². The molecule has 0 bridgehead atoms. The van der Waals surface area contributed by atoms with Gasteiger partial charge in [-0.2, -0.15) is 0 Å². The van der Waals surface area contributed by atoms with E-state index in [1.165, 1.54) is 32.9 Å². The van der Waals surface area contributed by atoms with Gasteiger partial charge in [-0.05, 0) is 18.2 Å². The smallest absolute Gasteiger partial charge is 0.286 e. The fraction of sp³-hybridized carbons (Fsp3) is 0.500. The highest BCUT2D eigenvalue weighted by Gasteiger charge is 2.44. The standard InChI is InChI=1S/C12H14BrF3O/c1-11(2,3)12(15,16)7-17-10-6-8(13)4-5-9(10)14/h4-6H,7H2,1-3H3. The fourth-order valence-electron chi connectivity index (χ4n) is 0.973. The molecule has 1 aromatic rings. The molecule has 1 rings (SSSR count). The molecule has 0 saturated carbocycles. The maximum absolute atomic E-state index is 13.6. The Morgan fingerprint density at radius 3 is 2.35 bits per heavy atom. The van der Waals surface area contributed by atoms with Crippen molar-refractivity contribution in [1.82, 2.24) is 0 Å². The van der Waals surface area contributed by atoms with E-state index in [0.717, 1.165) is 6.07 Å². The van der Waals surface area contributed by atoms with Crippen LogP contribution in [0.15, 0.2) is 22.7 Å². The number of hydrogen-bond donors (Lipinski definition) is 0. The summed E-state index contributed by atoms with van der Waals surface area (Å²) >= 11 is 3.12. The van der Waals surface area contributed by atoms with Crippen molar-refractivity contribution in [1.29, 1.82) is 0 Å². The van der Waals surface area contributed by atoms with Crippen LogP contribution < -0.4 is 4.74 Å². The van der Waals surface area contributed by atoms with Crippen LogP contribution in [0.25, 0.3) is 0 Å². The SMILES string of the molecule is CC(C)(C)C(F)(F)COc1cc(Br)ccc1F. The van der Waals surface area contributed by atoms with Gasteiger partial charge in [-0.3, -0.25) is 0 Å². The summed E-state index contributed by atoms with van der Waals surface area (Å²) in [4.78, 5) is 0. The van der Waals surface area contributed by atoms with E-state index in [4.69, 9.17) is 4.74 Å². The Labute approximate surface area is 107 Å². The van der Waals surface area contributed by atoms with Gasteiger partial charge in [0, 0.05) is 9.89 Å². The number of ether oxygens (including phenoxy) is 1. The summed E-state index contributed by atoms with van der Waals surface area (Å²) in [6.45, 7) is 3.39. The Morgan fingerprint density at radius 1 is 1.24 bits per heavy atom. The molecule has 5 heteroatoms. The maximum atomic E-state index is 13.6. The minimum Gasteiger partial charge on any atom is -0.484 e. The zero-order valence-electron chi connectivity index (χ0n) is 9.86. The van der Waals surface area contributed by atoms with Crippen LogP contribution >= 0.6 is 15.9 Å². The van der Waals surface area contributed by atoms with Crippen LogP contribution in [-0.2, 0) is 0 Å². The molecule has 0 atom stereocenters. The molecule has 96 valence electrons. The Morgan fingerprint density at radius 2 is 1.82 bits per heavy atom. The van der Waals surface area contributed by atoms with E-state index < -0.39 is 23.8 Å². The van der Waals surface area contributed by atoms with Crippen LogP contribution in [0.1, 0.15) is 20.8 Å². The van der Waals surface area contributed by atoms with Crippen LogP contribution in [-0.4, -0.2) is 12.5 Å². The first kappa shape index (κ1) is 14.4. The van der Waals surface area contributed by atoms with Crippen LogP contribution in [0, 0.1) is 11.2 Å². The van der Waals surface area contributed by atoms with Crippen LogP contribution in [0.2, 0.25) is 0 Å². The molecule has 0 aliphatic rings. The molecule has 0 amide bonds. The van der Waals surface area contributed by atoms with E-state index in [9.17, 15) is 13.2 Å². The van der Waals surface area contributed by atoms with Gasteiger partial charge in [-0.15, -0.1) is 0 Å². The molecule has 0 fully saturated rings. The van der Waals surface area contributed by atoms with Gasteiger partial charge >= 0.3 is 0 Å². The van der Waals surface area contributed by atoms with Crippen molar-refractivity contribution in [2.24, 2.45) is 5.41 Å². The van der Waals surface area contributed by atoms with Gasteiger partial charge in [0.1, 0.15) is 0 Å². The van der Waals surface area contributed by atoms with Crippen LogP contribution in [0.4, 0.5) is 13.2 Å². The predicted molar refractivity (Wildman–Crippen MR) is 64.0 cm³/mol. The summed E-state index contributed by atoms with van der Waals surface area (Å²) in [6.07, 6.45) is 0. The predicted octanol–water partition coefficient (Wildman–Crippen LogP) is 4.65. The first-order valence-corrected chi connectivity index (χ1v) is 5.88. The maximum Gasteiger partial charge on any atom is 0.286 e. The monoisotopic (exact) mass is 310 g/mol. The second kappa shape index (κ2) is 4.88. The van der Waals surface area contributed by atoms with Crippen molar-refractivity contribution in [2.75, 3.05) is 6.61 Å². The topological polar surface area (TPSA) is 9.23 Å². The second-order valence-corrected chi connectivity index (χ2v) is 5.73. The minimum absolute atomic E-state index is 0.177. The molecule has 1 nitrogen and oxygen atoms in total. The molecule has 0 heterocycles. The summed E-state index contributed by atoms with van der Waals surface area (Å²) < 4.78 is 45.9. The van der Waals surface area contributed by atoms with Gasteiger partial charge < -0.3 is 4.74 Å². The summed E-state index contributed by atoms with van der Waals surface area (Å²) in [5.41, 5.74) is -1.23. The first-order valence-electron chi connectivity index (χ1n) is 5.09. The van der Waals surface area contributed by atoms with Gasteiger partial charge in [-0.25, -0.2) is 13.2 Å². The van der Waals surface area contributed by atoms with Gasteiger partial charge in [-0.1, -0.05) is 36.7 Å². The molecular formula is C12H14BrF3O. The number of halogens is 4. The van der Waals surface area contributed by atoms with E-state index in [-0.39, 0.29) is 5.75 Å². The Hall–Kier alpha value is -0.710. The lowest BCUT2D eigenvalue weighted by Crippen LogP contribution is -2.39. The van der Waals surface area contributed by atoms with Crippen molar-refractivity contribution in [2.45, 2.75) is 26.7 Å². The van der Waals surface area contributed by atoms with E-state index in [1.807, 2.05) is 0 Å². The van der Waals surface area contributed by atoms with Crippen molar-refractivity contribution in [3.8, 4) is 5.75 Å². The lowest BCUT2D eigenvalue weighted by molar-refractivity contribution is -0.123. The third-order valence-corrected chi connectivity index (χ3v) is 2.89. The van der Waals surface area contributed by atoms with Gasteiger partial charge in [0.15, 0.2) is 18.2 Å². The van der Waals surface area contributed by atoms with E-state index >= 15 is 0 Å². The largest absolute Gasteiger partial charge is 0.484 e. The normalized spacial score (nSPS) is 12.6. The highest BCUT2D eigenvalue weighted by Crippen LogP contribution is 2.36. The van der Waals surface area contributed by atoms with Gasteiger partial charge in [0.25, 0.3) is 5.92 Å². The third kappa shape index (κ3) is 3.63. The van der Waals surface area contributed by atoms with Crippen LogP contribution in [0.3, 0.4) is 0 Å². The molecule has 1 aromatic carbocycles. The number of hydrogen-bond acceptors (Lipinski definition) is 1. The molecule has 0 N–H and O–H groups in total. The molecule has 0 aliphatic carbocycles. The highest BCUT2D eigenvalue weighted by molar-refractivity contribution is 9.10. The van der Waals surface area contributed by atoms with E-state index in [2.05, 4.69) is 15.9 Å².